The summed E-state index contributed by atoms with van der Waals surface area (Å²) in [5.74, 6) is -0.736. The quantitative estimate of drug-likeness (QED) is 0.854. The van der Waals surface area contributed by atoms with Crippen molar-refractivity contribution in [2.75, 3.05) is 6.61 Å². The van der Waals surface area contributed by atoms with E-state index in [0.717, 1.165) is 5.39 Å². The lowest BCUT2D eigenvalue weighted by Crippen LogP contribution is -2.34. The first-order valence-electron chi connectivity index (χ1n) is 7.11. The summed E-state index contributed by atoms with van der Waals surface area (Å²) in [5, 5.41) is 21.2. The first-order chi connectivity index (χ1) is 10.0. The fourth-order valence-corrected chi connectivity index (χ4v) is 2.26. The van der Waals surface area contributed by atoms with Crippen LogP contribution in [0.2, 0.25) is 0 Å². The molecule has 0 heterocycles. The fraction of sp³-hybridized carbons (Fsp3) is 0.353. The molecule has 0 aliphatic heterocycles. The zero-order valence-corrected chi connectivity index (χ0v) is 12.3. The van der Waals surface area contributed by atoms with E-state index in [1.807, 2.05) is 32.0 Å². The van der Waals surface area contributed by atoms with Gasteiger partial charge in [-0.1, -0.05) is 44.2 Å². The zero-order valence-electron chi connectivity index (χ0n) is 12.3. The summed E-state index contributed by atoms with van der Waals surface area (Å²) in [6, 6.07) is 10.8. The molecule has 0 radical (unpaired) electrons. The van der Waals surface area contributed by atoms with Crippen molar-refractivity contribution in [1.29, 1.82) is 0 Å². The number of hydrogen-bond donors (Lipinski definition) is 2. The van der Waals surface area contributed by atoms with E-state index in [9.17, 15) is 15.0 Å². The van der Waals surface area contributed by atoms with E-state index in [2.05, 4.69) is 0 Å². The Morgan fingerprint density at radius 1 is 1.14 bits per heavy atom. The molecule has 0 aliphatic rings. The van der Waals surface area contributed by atoms with Crippen molar-refractivity contribution < 1.29 is 19.7 Å². The molecule has 2 aromatic carbocycles. The molecule has 0 bridgehead atoms. The van der Waals surface area contributed by atoms with Crippen molar-refractivity contribution in [2.45, 2.75) is 32.3 Å². The molecule has 0 aliphatic carbocycles. The van der Waals surface area contributed by atoms with Gasteiger partial charge in [-0.05, 0) is 29.7 Å². The Balaban J connectivity index is 2.40. The van der Waals surface area contributed by atoms with Gasteiger partial charge in [-0.3, -0.25) is 0 Å². The molecule has 0 saturated heterocycles. The number of aliphatic hydroxyl groups is 1. The highest BCUT2D eigenvalue weighted by atomic mass is 16.5. The molecule has 0 unspecified atom stereocenters. The summed E-state index contributed by atoms with van der Waals surface area (Å²) in [5.41, 5.74) is -0.788. The highest BCUT2D eigenvalue weighted by molar-refractivity contribution is 6.06. The molecule has 0 atom stereocenters. The normalized spacial score (nSPS) is 11.6. The average molecular weight is 288 g/mol. The molecule has 21 heavy (non-hydrogen) atoms. The zero-order chi connectivity index (χ0) is 15.5. The molecule has 112 valence electrons. The minimum Gasteiger partial charge on any atom is -0.490 e. The van der Waals surface area contributed by atoms with E-state index >= 15 is 0 Å². The Labute approximate surface area is 124 Å². The number of carboxylic acids is 1. The summed E-state index contributed by atoms with van der Waals surface area (Å²) in [6.07, 6.45) is 1.11. The van der Waals surface area contributed by atoms with Crippen molar-refractivity contribution in [1.82, 2.24) is 0 Å². The number of fused-ring (bicyclic) bond motifs is 1. The van der Waals surface area contributed by atoms with Crippen molar-refractivity contribution in [3.63, 3.8) is 0 Å². The Bertz CT molecular complexity index is 644. The van der Waals surface area contributed by atoms with Gasteiger partial charge in [0.05, 0.1) is 5.60 Å². The van der Waals surface area contributed by atoms with Crippen molar-refractivity contribution >= 4 is 16.7 Å². The van der Waals surface area contributed by atoms with Gasteiger partial charge in [0.25, 0.3) is 0 Å². The first-order valence-corrected chi connectivity index (χ1v) is 7.11. The van der Waals surface area contributed by atoms with Crippen LogP contribution in [0.5, 0.6) is 5.75 Å². The molecule has 2 rings (SSSR count). The summed E-state index contributed by atoms with van der Waals surface area (Å²) in [4.78, 5) is 11.6. The highest BCUT2D eigenvalue weighted by Gasteiger charge is 2.24. The Kier molecular flexibility index (Phi) is 4.48. The maximum atomic E-state index is 11.6. The number of ether oxygens (including phenoxy) is 1. The predicted molar refractivity (Wildman–Crippen MR) is 81.9 cm³/mol. The minimum absolute atomic E-state index is 0.0820. The lowest BCUT2D eigenvalue weighted by molar-refractivity contribution is -0.0117. The van der Waals surface area contributed by atoms with Gasteiger partial charge in [0, 0.05) is 0 Å². The number of rotatable bonds is 6. The Morgan fingerprint density at radius 3 is 2.43 bits per heavy atom. The van der Waals surface area contributed by atoms with Crippen molar-refractivity contribution in [3.05, 3.63) is 42.0 Å². The van der Waals surface area contributed by atoms with E-state index in [1.165, 1.54) is 0 Å². The van der Waals surface area contributed by atoms with Crippen LogP contribution in [0.1, 0.15) is 37.0 Å². The lowest BCUT2D eigenvalue weighted by atomic mass is 9.99. The molecule has 4 heteroatoms. The molecular weight excluding hydrogens is 268 g/mol. The van der Waals surface area contributed by atoms with Crippen LogP contribution in [-0.4, -0.2) is 28.4 Å². The molecule has 0 fully saturated rings. The molecule has 0 amide bonds. The fourth-order valence-electron chi connectivity index (χ4n) is 2.26. The number of carbonyl (C=O) groups is 1. The van der Waals surface area contributed by atoms with Crippen molar-refractivity contribution in [2.24, 2.45) is 0 Å². The topological polar surface area (TPSA) is 66.8 Å². The molecule has 2 aromatic rings. The third kappa shape index (κ3) is 3.16. The van der Waals surface area contributed by atoms with Gasteiger partial charge in [-0.25, -0.2) is 4.79 Å². The van der Waals surface area contributed by atoms with Crippen LogP contribution < -0.4 is 4.74 Å². The van der Waals surface area contributed by atoms with Crippen LogP contribution >= 0.6 is 0 Å². The van der Waals surface area contributed by atoms with E-state index in [0.29, 0.717) is 24.0 Å². The standard InChI is InChI=1S/C17H20O4/c1-3-17(20,4-2)11-21-14-10-9-12-7-5-6-8-13(12)15(14)16(18)19/h5-10,20H,3-4,11H2,1-2H3,(H,18,19). The minimum atomic E-state index is -1.03. The third-order valence-corrected chi connectivity index (χ3v) is 3.92. The highest BCUT2D eigenvalue weighted by Crippen LogP contribution is 2.29. The molecule has 4 nitrogen and oxygen atoms in total. The average Bonchev–Trinajstić information content (AvgIpc) is 2.51. The Hall–Kier alpha value is -2.07. The van der Waals surface area contributed by atoms with E-state index < -0.39 is 11.6 Å². The van der Waals surface area contributed by atoms with Crippen LogP contribution in [0.15, 0.2) is 36.4 Å². The summed E-state index contributed by atoms with van der Waals surface area (Å²) >= 11 is 0. The van der Waals surface area contributed by atoms with Gasteiger partial charge in [0.15, 0.2) is 0 Å². The van der Waals surface area contributed by atoms with Crippen LogP contribution in [0.4, 0.5) is 0 Å². The van der Waals surface area contributed by atoms with Crippen molar-refractivity contribution in [3.8, 4) is 5.75 Å². The number of carboxylic acid groups (broad SMARTS) is 1. The SMILES string of the molecule is CCC(O)(CC)COc1ccc2ccccc2c1C(=O)O. The van der Waals surface area contributed by atoms with Gasteiger partial charge in [-0.15, -0.1) is 0 Å². The van der Waals surface area contributed by atoms with Gasteiger partial charge in [0.2, 0.25) is 0 Å². The van der Waals surface area contributed by atoms with Crippen LogP contribution in [-0.2, 0) is 0 Å². The van der Waals surface area contributed by atoms with E-state index in [1.54, 1.807) is 18.2 Å². The maximum Gasteiger partial charge on any atom is 0.340 e. The second kappa shape index (κ2) is 6.14. The van der Waals surface area contributed by atoms with Gasteiger partial charge < -0.3 is 14.9 Å². The molecule has 0 saturated carbocycles. The first kappa shape index (κ1) is 15.3. The summed E-state index contributed by atoms with van der Waals surface area (Å²) in [6.45, 7) is 3.84. The Morgan fingerprint density at radius 2 is 1.81 bits per heavy atom. The van der Waals surface area contributed by atoms with Gasteiger partial charge >= 0.3 is 5.97 Å². The predicted octanol–water partition coefficient (Wildman–Crippen LogP) is 3.47. The summed E-state index contributed by atoms with van der Waals surface area (Å²) < 4.78 is 5.62. The lowest BCUT2D eigenvalue weighted by Gasteiger charge is -2.25. The van der Waals surface area contributed by atoms with E-state index in [-0.39, 0.29) is 12.2 Å². The monoisotopic (exact) mass is 288 g/mol. The molecule has 0 aromatic heterocycles. The number of benzene rings is 2. The number of aromatic carboxylic acids is 1. The molecular formula is C17H20O4. The van der Waals surface area contributed by atoms with Crippen LogP contribution in [0.25, 0.3) is 10.8 Å². The third-order valence-electron chi connectivity index (χ3n) is 3.92. The van der Waals surface area contributed by atoms with Crippen LogP contribution in [0, 0.1) is 0 Å². The largest absolute Gasteiger partial charge is 0.490 e. The summed E-state index contributed by atoms with van der Waals surface area (Å²) in [7, 11) is 0. The molecule has 0 spiro atoms. The van der Waals surface area contributed by atoms with E-state index in [4.69, 9.17) is 4.74 Å². The maximum absolute atomic E-state index is 11.6. The van der Waals surface area contributed by atoms with Gasteiger partial charge in [0.1, 0.15) is 17.9 Å². The second-order valence-corrected chi connectivity index (χ2v) is 5.19. The van der Waals surface area contributed by atoms with Crippen LogP contribution in [0.3, 0.4) is 0 Å². The smallest absolute Gasteiger partial charge is 0.340 e. The number of hydrogen-bond acceptors (Lipinski definition) is 3. The molecule has 2 N–H and O–H groups in total. The van der Waals surface area contributed by atoms with Gasteiger partial charge in [-0.2, -0.15) is 0 Å². The second-order valence-electron chi connectivity index (χ2n) is 5.19.